The van der Waals surface area contributed by atoms with Crippen LogP contribution in [0.25, 0.3) is 0 Å². The van der Waals surface area contributed by atoms with Crippen LogP contribution in [0.1, 0.15) is 18.2 Å². The van der Waals surface area contributed by atoms with E-state index in [9.17, 15) is 4.79 Å². The molecule has 2 heterocycles. The summed E-state index contributed by atoms with van der Waals surface area (Å²) in [4.78, 5) is 11.7. The summed E-state index contributed by atoms with van der Waals surface area (Å²) in [5.41, 5.74) is 1.91. The van der Waals surface area contributed by atoms with Crippen LogP contribution in [0.5, 0.6) is 0 Å². The molecule has 0 aliphatic rings. The number of nitrogens with zero attached hydrogens (tertiary/aromatic N) is 4. The van der Waals surface area contributed by atoms with Crippen molar-refractivity contribution in [1.82, 2.24) is 24.9 Å². The molecule has 1 N–H and O–H groups in total. The average Bonchev–Trinajstić information content (AvgIpc) is 2.95. The minimum atomic E-state index is -0.0656. The van der Waals surface area contributed by atoms with Gasteiger partial charge in [-0.1, -0.05) is 0 Å². The largest absolute Gasteiger partial charge is 0.349 e. The van der Waals surface area contributed by atoms with Crippen molar-refractivity contribution in [2.24, 2.45) is 0 Å². The van der Waals surface area contributed by atoms with Gasteiger partial charge in [-0.05, 0) is 25.5 Å². The van der Waals surface area contributed by atoms with Crippen LogP contribution in [0.15, 0.2) is 24.7 Å². The quantitative estimate of drug-likeness (QED) is 0.847. The first-order valence-corrected chi connectivity index (χ1v) is 5.95. The first-order chi connectivity index (χ1) is 8.67. The average molecular weight is 247 g/mol. The summed E-state index contributed by atoms with van der Waals surface area (Å²) in [6.45, 7) is 5.49. The van der Waals surface area contributed by atoms with Crippen LogP contribution in [0.2, 0.25) is 0 Å². The molecule has 0 saturated heterocycles. The molecule has 2 aromatic rings. The maximum Gasteiger partial charge on any atom is 0.242 e. The van der Waals surface area contributed by atoms with E-state index in [1.807, 2.05) is 37.0 Å². The van der Waals surface area contributed by atoms with E-state index in [1.165, 1.54) is 0 Å². The number of carbonyl (C=O) groups excluding carboxylic acids is 1. The van der Waals surface area contributed by atoms with Gasteiger partial charge in [-0.25, -0.2) is 0 Å². The van der Waals surface area contributed by atoms with E-state index in [0.717, 1.165) is 17.8 Å². The molecule has 6 nitrogen and oxygen atoms in total. The predicted molar refractivity (Wildman–Crippen MR) is 66.7 cm³/mol. The van der Waals surface area contributed by atoms with Gasteiger partial charge < -0.3 is 5.32 Å². The number of aromatic nitrogens is 4. The zero-order valence-corrected chi connectivity index (χ0v) is 10.6. The second-order valence-electron chi connectivity index (χ2n) is 4.15. The fraction of sp³-hybridized carbons (Fsp3) is 0.417. The lowest BCUT2D eigenvalue weighted by Crippen LogP contribution is -2.27. The first-order valence-electron chi connectivity index (χ1n) is 5.95. The maximum absolute atomic E-state index is 11.7. The maximum atomic E-state index is 11.7. The Morgan fingerprint density at radius 2 is 2.28 bits per heavy atom. The Hall–Kier alpha value is -2.11. The van der Waals surface area contributed by atoms with Gasteiger partial charge in [0, 0.05) is 18.9 Å². The van der Waals surface area contributed by atoms with Crippen LogP contribution in [0.3, 0.4) is 0 Å². The molecule has 1 amide bonds. The van der Waals surface area contributed by atoms with Gasteiger partial charge in [0.25, 0.3) is 0 Å². The van der Waals surface area contributed by atoms with Crippen LogP contribution in [0.4, 0.5) is 0 Å². The minimum Gasteiger partial charge on any atom is -0.349 e. The van der Waals surface area contributed by atoms with Gasteiger partial charge in [-0.2, -0.15) is 10.2 Å². The highest BCUT2D eigenvalue weighted by atomic mass is 16.2. The summed E-state index contributed by atoms with van der Waals surface area (Å²) >= 11 is 0. The van der Waals surface area contributed by atoms with Crippen LogP contribution < -0.4 is 5.32 Å². The van der Waals surface area contributed by atoms with E-state index in [0.29, 0.717) is 6.54 Å². The van der Waals surface area contributed by atoms with E-state index >= 15 is 0 Å². The lowest BCUT2D eigenvalue weighted by Gasteiger charge is -2.03. The monoisotopic (exact) mass is 247 g/mol. The molecular formula is C12H17N5O. The number of carbonyl (C=O) groups is 1. The van der Waals surface area contributed by atoms with E-state index in [-0.39, 0.29) is 12.5 Å². The molecule has 0 saturated carbocycles. The molecule has 96 valence electrons. The summed E-state index contributed by atoms with van der Waals surface area (Å²) in [7, 11) is 0. The number of hydrogen-bond acceptors (Lipinski definition) is 3. The Bertz CT molecular complexity index is 528. The highest BCUT2D eigenvalue weighted by Crippen LogP contribution is 1.96. The zero-order chi connectivity index (χ0) is 13.0. The van der Waals surface area contributed by atoms with Crippen LogP contribution in [-0.2, 0) is 24.4 Å². The summed E-state index contributed by atoms with van der Waals surface area (Å²) in [6.07, 6.45) is 5.47. The summed E-state index contributed by atoms with van der Waals surface area (Å²) in [5.74, 6) is -0.0656. The van der Waals surface area contributed by atoms with E-state index in [1.54, 1.807) is 10.9 Å². The number of nitrogens with one attached hydrogen (secondary N) is 1. The Balaban J connectivity index is 1.81. The molecule has 0 spiro atoms. The Morgan fingerprint density at radius 1 is 1.44 bits per heavy atom. The van der Waals surface area contributed by atoms with Gasteiger partial charge in [0.05, 0.1) is 18.4 Å². The summed E-state index contributed by atoms with van der Waals surface area (Å²) in [5, 5.41) is 11.2. The van der Waals surface area contributed by atoms with Crippen LogP contribution in [0, 0.1) is 6.92 Å². The smallest absolute Gasteiger partial charge is 0.242 e. The van der Waals surface area contributed by atoms with Crippen molar-refractivity contribution in [3.05, 3.63) is 35.9 Å². The predicted octanol–water partition coefficient (Wildman–Crippen LogP) is 0.724. The highest BCUT2D eigenvalue weighted by Gasteiger charge is 2.04. The molecule has 2 aromatic heterocycles. The van der Waals surface area contributed by atoms with Gasteiger partial charge >= 0.3 is 0 Å². The normalized spacial score (nSPS) is 10.6. The van der Waals surface area contributed by atoms with Crippen LogP contribution in [-0.4, -0.2) is 25.5 Å². The second kappa shape index (κ2) is 5.48. The van der Waals surface area contributed by atoms with Gasteiger partial charge in [-0.3, -0.25) is 14.2 Å². The van der Waals surface area contributed by atoms with Gasteiger partial charge in [0.15, 0.2) is 0 Å². The zero-order valence-electron chi connectivity index (χ0n) is 10.6. The Labute approximate surface area is 106 Å². The van der Waals surface area contributed by atoms with Crippen molar-refractivity contribution in [2.75, 3.05) is 0 Å². The lowest BCUT2D eigenvalue weighted by molar-refractivity contribution is -0.122. The first kappa shape index (κ1) is 12.3. The SMILES string of the molecule is CCn1ccc(CNC(=O)Cn2cc(C)cn2)n1. The van der Waals surface area contributed by atoms with Gasteiger partial charge in [-0.15, -0.1) is 0 Å². The van der Waals surface area contributed by atoms with Crippen molar-refractivity contribution in [1.29, 1.82) is 0 Å². The molecule has 18 heavy (non-hydrogen) atoms. The molecule has 0 fully saturated rings. The minimum absolute atomic E-state index is 0.0656. The fourth-order valence-corrected chi connectivity index (χ4v) is 1.62. The molecule has 0 atom stereocenters. The number of rotatable bonds is 5. The summed E-state index contributed by atoms with van der Waals surface area (Å²) < 4.78 is 3.45. The molecule has 0 unspecified atom stereocenters. The van der Waals surface area contributed by atoms with Crippen molar-refractivity contribution in [2.45, 2.75) is 33.5 Å². The van der Waals surface area contributed by atoms with Crippen molar-refractivity contribution >= 4 is 5.91 Å². The molecule has 0 aromatic carbocycles. The molecular weight excluding hydrogens is 230 g/mol. The van der Waals surface area contributed by atoms with Gasteiger partial charge in [0.2, 0.25) is 5.91 Å². The molecule has 0 radical (unpaired) electrons. The Morgan fingerprint density at radius 3 is 2.89 bits per heavy atom. The van der Waals surface area contributed by atoms with E-state index < -0.39 is 0 Å². The van der Waals surface area contributed by atoms with Crippen molar-refractivity contribution < 1.29 is 4.79 Å². The molecule has 0 aliphatic carbocycles. The van der Waals surface area contributed by atoms with Gasteiger partial charge in [0.1, 0.15) is 6.54 Å². The van der Waals surface area contributed by atoms with Crippen molar-refractivity contribution in [3.63, 3.8) is 0 Å². The molecule has 0 aliphatic heterocycles. The highest BCUT2D eigenvalue weighted by molar-refractivity contribution is 5.75. The second-order valence-corrected chi connectivity index (χ2v) is 4.15. The topological polar surface area (TPSA) is 64.7 Å². The number of amides is 1. The Kier molecular flexibility index (Phi) is 3.76. The third-order valence-corrected chi connectivity index (χ3v) is 2.55. The van der Waals surface area contributed by atoms with E-state index in [4.69, 9.17) is 0 Å². The molecule has 6 heteroatoms. The fourth-order valence-electron chi connectivity index (χ4n) is 1.62. The van der Waals surface area contributed by atoms with Crippen molar-refractivity contribution in [3.8, 4) is 0 Å². The standard InChI is InChI=1S/C12H17N5O/c1-3-16-5-4-11(15-16)7-13-12(18)9-17-8-10(2)6-14-17/h4-6,8H,3,7,9H2,1-2H3,(H,13,18). The van der Waals surface area contributed by atoms with E-state index in [2.05, 4.69) is 15.5 Å². The summed E-state index contributed by atoms with van der Waals surface area (Å²) in [6, 6.07) is 1.90. The number of hydrogen-bond donors (Lipinski definition) is 1. The van der Waals surface area contributed by atoms with Crippen LogP contribution >= 0.6 is 0 Å². The molecule has 0 bridgehead atoms. The third kappa shape index (κ3) is 3.19. The number of aryl methyl sites for hydroxylation is 2. The molecule has 2 rings (SSSR count). The lowest BCUT2D eigenvalue weighted by atomic mass is 10.4. The third-order valence-electron chi connectivity index (χ3n) is 2.55.